The molecule has 6 nitrogen and oxygen atoms in total. The van der Waals surface area contributed by atoms with Gasteiger partial charge >= 0.3 is 5.97 Å². The van der Waals surface area contributed by atoms with E-state index in [9.17, 15) is 13.2 Å². The van der Waals surface area contributed by atoms with Gasteiger partial charge < -0.3 is 4.74 Å². The first-order valence-corrected chi connectivity index (χ1v) is 12.2. The van der Waals surface area contributed by atoms with Crippen LogP contribution < -0.4 is 0 Å². The predicted octanol–water partition coefficient (Wildman–Crippen LogP) is 3.15. The van der Waals surface area contributed by atoms with Crippen molar-refractivity contribution in [3.05, 3.63) is 59.4 Å². The second-order valence-corrected chi connectivity index (χ2v) is 10.0. The van der Waals surface area contributed by atoms with Gasteiger partial charge in [0.05, 0.1) is 17.4 Å². The number of carbonyl (C=O) groups excluding carboxylic acids is 1. The number of sulfonamides is 1. The summed E-state index contributed by atoms with van der Waals surface area (Å²) in [5.74, 6) is -0.439. The van der Waals surface area contributed by atoms with Crippen molar-refractivity contribution in [1.29, 1.82) is 0 Å². The van der Waals surface area contributed by atoms with Gasteiger partial charge in [-0.15, -0.1) is 0 Å². The first-order valence-electron chi connectivity index (χ1n) is 10.7. The minimum absolute atomic E-state index is 0.212. The minimum atomic E-state index is -3.51. The Bertz CT molecular complexity index is 984. The molecule has 1 aliphatic heterocycles. The zero-order valence-electron chi connectivity index (χ0n) is 17.1. The van der Waals surface area contributed by atoms with Gasteiger partial charge in [-0.2, -0.15) is 4.31 Å². The monoisotopic (exact) mass is 428 g/mol. The van der Waals surface area contributed by atoms with Crippen LogP contribution in [0.25, 0.3) is 0 Å². The van der Waals surface area contributed by atoms with E-state index in [2.05, 4.69) is 4.98 Å². The molecule has 0 amide bonds. The number of aryl methyl sites for hydroxylation is 3. The van der Waals surface area contributed by atoms with Crippen LogP contribution in [-0.2, 0) is 38.8 Å². The topological polar surface area (TPSA) is 76.6 Å². The Hall–Kier alpha value is -2.25. The zero-order valence-corrected chi connectivity index (χ0v) is 17.9. The van der Waals surface area contributed by atoms with Gasteiger partial charge in [0.25, 0.3) is 0 Å². The van der Waals surface area contributed by atoms with Crippen LogP contribution >= 0.6 is 0 Å². The number of nitrogens with zero attached hydrogens (tertiary/aromatic N) is 2. The second-order valence-electron chi connectivity index (χ2n) is 8.09. The molecule has 160 valence electrons. The van der Waals surface area contributed by atoms with Crippen LogP contribution in [0.15, 0.2) is 47.6 Å². The minimum Gasteiger partial charge on any atom is -0.465 e. The van der Waals surface area contributed by atoms with Crippen LogP contribution in [-0.4, -0.2) is 43.4 Å². The van der Waals surface area contributed by atoms with Crippen molar-refractivity contribution < 1.29 is 17.9 Å². The molecule has 1 aromatic carbocycles. The van der Waals surface area contributed by atoms with Crippen LogP contribution in [0.1, 0.15) is 42.4 Å². The van der Waals surface area contributed by atoms with Gasteiger partial charge in [-0.1, -0.05) is 12.1 Å². The summed E-state index contributed by atoms with van der Waals surface area (Å²) < 4.78 is 33.0. The highest BCUT2D eigenvalue weighted by atomic mass is 32.2. The maximum atomic E-state index is 13.0. The Labute approximate surface area is 178 Å². The standard InChI is InChI=1S/C23H28N2O4S/c26-23(29-15-3-5-18-4-2-12-24-17-18)20-10-13-25(14-11-20)30(27,28)22-9-8-19-6-1-7-21(19)16-22/h2,4,8-9,12,16-17,20H,1,3,5-7,10-11,13-15H2. The summed E-state index contributed by atoms with van der Waals surface area (Å²) in [4.78, 5) is 16.8. The molecule has 2 heterocycles. The molecule has 1 aliphatic carbocycles. The quantitative estimate of drug-likeness (QED) is 0.500. The first kappa shape index (κ1) is 21.0. The number of piperidine rings is 1. The molecule has 0 bridgehead atoms. The van der Waals surface area contributed by atoms with Crippen molar-refractivity contribution in [3.63, 3.8) is 0 Å². The fourth-order valence-corrected chi connectivity index (χ4v) is 5.82. The lowest BCUT2D eigenvalue weighted by molar-refractivity contribution is -0.149. The second kappa shape index (κ2) is 9.27. The molecule has 1 fully saturated rings. The van der Waals surface area contributed by atoms with E-state index >= 15 is 0 Å². The number of ether oxygens (including phenoxy) is 1. The van der Waals surface area contributed by atoms with Crippen LogP contribution in [0.3, 0.4) is 0 Å². The fraction of sp³-hybridized carbons (Fsp3) is 0.478. The molecule has 0 saturated carbocycles. The van der Waals surface area contributed by atoms with Gasteiger partial charge in [0.15, 0.2) is 0 Å². The molecular formula is C23H28N2O4S. The molecule has 0 atom stereocenters. The highest BCUT2D eigenvalue weighted by Crippen LogP contribution is 2.28. The SMILES string of the molecule is O=C(OCCCc1cccnc1)C1CCN(S(=O)(=O)c2ccc3c(c2)CCC3)CC1. The van der Waals surface area contributed by atoms with Crippen molar-refractivity contribution in [2.24, 2.45) is 5.92 Å². The van der Waals surface area contributed by atoms with Crippen LogP contribution in [0.5, 0.6) is 0 Å². The lowest BCUT2D eigenvalue weighted by Crippen LogP contribution is -2.40. The van der Waals surface area contributed by atoms with Gasteiger partial charge in [-0.3, -0.25) is 9.78 Å². The summed E-state index contributed by atoms with van der Waals surface area (Å²) >= 11 is 0. The smallest absolute Gasteiger partial charge is 0.309 e. The maximum absolute atomic E-state index is 13.0. The molecule has 2 aliphatic rings. The molecule has 4 rings (SSSR count). The molecule has 0 radical (unpaired) electrons. The van der Waals surface area contributed by atoms with Gasteiger partial charge in [-0.25, -0.2) is 8.42 Å². The number of fused-ring (bicyclic) bond motifs is 1. The van der Waals surface area contributed by atoms with E-state index in [-0.39, 0.29) is 11.9 Å². The van der Waals surface area contributed by atoms with Gasteiger partial charge in [0.1, 0.15) is 0 Å². The van der Waals surface area contributed by atoms with Crippen LogP contribution in [0.2, 0.25) is 0 Å². The van der Waals surface area contributed by atoms with E-state index < -0.39 is 10.0 Å². The van der Waals surface area contributed by atoms with Crippen LogP contribution in [0, 0.1) is 5.92 Å². The van der Waals surface area contributed by atoms with Gasteiger partial charge in [-0.05, 0) is 79.8 Å². The summed E-state index contributed by atoms with van der Waals surface area (Å²) in [6.45, 7) is 1.09. The average Bonchev–Trinajstić information content (AvgIpc) is 3.25. The molecule has 0 spiro atoms. The van der Waals surface area contributed by atoms with E-state index in [0.717, 1.165) is 43.2 Å². The third kappa shape index (κ3) is 4.73. The van der Waals surface area contributed by atoms with Crippen molar-refractivity contribution in [2.75, 3.05) is 19.7 Å². The molecule has 30 heavy (non-hydrogen) atoms. The highest BCUT2D eigenvalue weighted by molar-refractivity contribution is 7.89. The molecule has 1 saturated heterocycles. The number of esters is 1. The molecule has 7 heteroatoms. The molecule has 1 aromatic heterocycles. The molecular weight excluding hydrogens is 400 g/mol. The number of hydrogen-bond donors (Lipinski definition) is 0. The van der Waals surface area contributed by atoms with Gasteiger partial charge in [0.2, 0.25) is 10.0 Å². The number of benzene rings is 1. The summed E-state index contributed by atoms with van der Waals surface area (Å²) in [7, 11) is -3.51. The summed E-state index contributed by atoms with van der Waals surface area (Å²) in [6.07, 6.45) is 9.21. The molecule has 2 aromatic rings. The molecule has 0 N–H and O–H groups in total. The lowest BCUT2D eigenvalue weighted by Gasteiger charge is -2.30. The van der Waals surface area contributed by atoms with E-state index in [1.165, 1.54) is 9.87 Å². The lowest BCUT2D eigenvalue weighted by atomic mass is 9.98. The number of carbonyl (C=O) groups is 1. The van der Waals surface area contributed by atoms with Gasteiger partial charge in [0, 0.05) is 25.5 Å². The average molecular weight is 429 g/mol. The number of rotatable bonds is 7. The Balaban J connectivity index is 1.25. The van der Waals surface area contributed by atoms with Crippen LogP contribution in [0.4, 0.5) is 0 Å². The number of pyridine rings is 1. The zero-order chi connectivity index (χ0) is 21.0. The summed E-state index contributed by atoms with van der Waals surface area (Å²) in [5, 5.41) is 0. The third-order valence-corrected chi connectivity index (χ3v) is 7.97. The number of aromatic nitrogens is 1. The predicted molar refractivity (Wildman–Crippen MR) is 113 cm³/mol. The Kier molecular flexibility index (Phi) is 6.49. The Morgan fingerprint density at radius 2 is 1.93 bits per heavy atom. The van der Waals surface area contributed by atoms with E-state index in [1.54, 1.807) is 12.3 Å². The van der Waals surface area contributed by atoms with E-state index in [0.29, 0.717) is 37.4 Å². The van der Waals surface area contributed by atoms with E-state index in [4.69, 9.17) is 4.74 Å². The highest BCUT2D eigenvalue weighted by Gasteiger charge is 2.33. The Morgan fingerprint density at radius 3 is 2.70 bits per heavy atom. The van der Waals surface area contributed by atoms with Crippen molar-refractivity contribution in [3.8, 4) is 0 Å². The summed E-state index contributed by atoms with van der Waals surface area (Å²) in [5.41, 5.74) is 3.54. The maximum Gasteiger partial charge on any atom is 0.309 e. The summed E-state index contributed by atoms with van der Waals surface area (Å²) in [6, 6.07) is 9.41. The van der Waals surface area contributed by atoms with Crippen molar-refractivity contribution >= 4 is 16.0 Å². The number of hydrogen-bond acceptors (Lipinski definition) is 5. The normalized spacial score (nSPS) is 17.6. The third-order valence-electron chi connectivity index (χ3n) is 6.07. The van der Waals surface area contributed by atoms with E-state index in [1.807, 2.05) is 30.5 Å². The van der Waals surface area contributed by atoms with Crippen molar-refractivity contribution in [2.45, 2.75) is 49.8 Å². The largest absolute Gasteiger partial charge is 0.465 e. The Morgan fingerprint density at radius 1 is 1.13 bits per heavy atom. The fourth-order valence-electron chi connectivity index (χ4n) is 4.30. The van der Waals surface area contributed by atoms with Crippen molar-refractivity contribution in [1.82, 2.24) is 9.29 Å². The molecule has 0 unspecified atom stereocenters. The first-order chi connectivity index (χ1) is 14.5.